The van der Waals surface area contributed by atoms with Crippen molar-refractivity contribution in [2.75, 3.05) is 18.4 Å². The smallest absolute Gasteiger partial charge is 0.243 e. The third-order valence-electron chi connectivity index (χ3n) is 3.64. The molecule has 0 heterocycles. The molecule has 144 valence electrons. The van der Waals surface area contributed by atoms with E-state index in [1.807, 2.05) is 19.1 Å². The molecule has 0 aliphatic heterocycles. The van der Waals surface area contributed by atoms with Crippen LogP contribution in [0.5, 0.6) is 0 Å². The predicted octanol–water partition coefficient (Wildman–Crippen LogP) is 1.42. The normalized spacial score (nSPS) is 11.0. The molecule has 0 unspecified atom stereocenters. The Morgan fingerprint density at radius 3 is 2.15 bits per heavy atom. The molecule has 0 atom stereocenters. The molecule has 0 fully saturated rings. The highest BCUT2D eigenvalue weighted by atomic mass is 32.2. The molecule has 0 aromatic heterocycles. The fourth-order valence-corrected chi connectivity index (χ4v) is 3.11. The first kappa shape index (κ1) is 20.5. The number of rotatable bonds is 8. The molecule has 0 spiro atoms. The summed E-state index contributed by atoms with van der Waals surface area (Å²) in [6.45, 7) is 1.18. The summed E-state index contributed by atoms with van der Waals surface area (Å²) in [5, 5.41) is 4.94. The van der Waals surface area contributed by atoms with E-state index in [1.54, 1.807) is 12.1 Å². The van der Waals surface area contributed by atoms with Gasteiger partial charge in [-0.1, -0.05) is 19.1 Å². The number of aryl methyl sites for hydroxylation is 1. The Balaban J connectivity index is 1.78. The van der Waals surface area contributed by atoms with Crippen LogP contribution in [0.25, 0.3) is 0 Å². The van der Waals surface area contributed by atoms with Crippen molar-refractivity contribution in [3.63, 3.8) is 0 Å². The fraction of sp³-hybridized carbons (Fsp3) is 0.222. The summed E-state index contributed by atoms with van der Waals surface area (Å²) in [6, 6.07) is 11.5. The van der Waals surface area contributed by atoms with Gasteiger partial charge in [-0.3, -0.25) is 9.59 Å². The molecule has 0 saturated heterocycles. The van der Waals surface area contributed by atoms with E-state index in [0.717, 1.165) is 36.2 Å². The molecule has 2 aromatic carbocycles. The van der Waals surface area contributed by atoms with E-state index in [2.05, 4.69) is 15.4 Å². The van der Waals surface area contributed by atoms with Crippen molar-refractivity contribution in [2.24, 2.45) is 0 Å². The number of amides is 2. The molecule has 0 aliphatic rings. The maximum absolute atomic E-state index is 12.8. The molecular weight excluding hydrogens is 373 g/mol. The van der Waals surface area contributed by atoms with Gasteiger partial charge >= 0.3 is 0 Å². The molecule has 0 radical (unpaired) electrons. The molecule has 27 heavy (non-hydrogen) atoms. The van der Waals surface area contributed by atoms with Gasteiger partial charge in [0.25, 0.3) is 0 Å². The Bertz CT molecular complexity index is 897. The molecule has 0 saturated carbocycles. The van der Waals surface area contributed by atoms with Crippen LogP contribution < -0.4 is 15.4 Å². The summed E-state index contributed by atoms with van der Waals surface area (Å²) in [4.78, 5) is 23.4. The van der Waals surface area contributed by atoms with Gasteiger partial charge in [-0.2, -0.15) is 0 Å². The van der Waals surface area contributed by atoms with Gasteiger partial charge in [0.05, 0.1) is 18.0 Å². The first-order valence-corrected chi connectivity index (χ1v) is 9.69. The van der Waals surface area contributed by atoms with Crippen molar-refractivity contribution in [1.82, 2.24) is 10.0 Å². The van der Waals surface area contributed by atoms with Crippen LogP contribution in [0.1, 0.15) is 12.5 Å². The SMILES string of the molecule is CCc1ccc(NC(=O)CNC(=O)CNS(=O)(=O)c2ccc(F)cc2)cc1. The van der Waals surface area contributed by atoms with E-state index in [4.69, 9.17) is 0 Å². The molecular formula is C18H20FN3O4S. The molecule has 0 bridgehead atoms. The third kappa shape index (κ3) is 6.46. The van der Waals surface area contributed by atoms with E-state index >= 15 is 0 Å². The lowest BCUT2D eigenvalue weighted by Crippen LogP contribution is -2.40. The first-order chi connectivity index (χ1) is 12.8. The van der Waals surface area contributed by atoms with Gasteiger partial charge < -0.3 is 10.6 Å². The zero-order valence-corrected chi connectivity index (χ0v) is 15.5. The molecule has 3 N–H and O–H groups in total. The minimum atomic E-state index is -3.94. The van der Waals surface area contributed by atoms with Crippen LogP contribution in [0.3, 0.4) is 0 Å². The van der Waals surface area contributed by atoms with E-state index in [0.29, 0.717) is 5.69 Å². The number of anilines is 1. The van der Waals surface area contributed by atoms with Crippen molar-refractivity contribution in [3.05, 3.63) is 59.9 Å². The van der Waals surface area contributed by atoms with Gasteiger partial charge in [0, 0.05) is 5.69 Å². The second-order valence-electron chi connectivity index (χ2n) is 5.65. The molecule has 2 amide bonds. The summed E-state index contributed by atoms with van der Waals surface area (Å²) < 4.78 is 38.9. The monoisotopic (exact) mass is 393 g/mol. The lowest BCUT2D eigenvalue weighted by atomic mass is 10.1. The lowest BCUT2D eigenvalue weighted by molar-refractivity contribution is -0.123. The summed E-state index contributed by atoms with van der Waals surface area (Å²) in [6.07, 6.45) is 0.887. The second-order valence-corrected chi connectivity index (χ2v) is 7.42. The number of benzene rings is 2. The van der Waals surface area contributed by atoms with E-state index < -0.39 is 34.2 Å². The Morgan fingerprint density at radius 1 is 0.926 bits per heavy atom. The van der Waals surface area contributed by atoms with E-state index in [-0.39, 0.29) is 11.4 Å². The van der Waals surface area contributed by atoms with Gasteiger partial charge in [-0.05, 0) is 48.4 Å². The van der Waals surface area contributed by atoms with Crippen LogP contribution in [-0.2, 0) is 26.0 Å². The molecule has 2 rings (SSSR count). The summed E-state index contributed by atoms with van der Waals surface area (Å²) in [7, 11) is -3.94. The zero-order valence-electron chi connectivity index (χ0n) is 14.7. The van der Waals surface area contributed by atoms with Crippen LogP contribution in [-0.4, -0.2) is 33.3 Å². The number of carbonyl (C=O) groups excluding carboxylic acids is 2. The molecule has 0 aliphatic carbocycles. The van der Waals surface area contributed by atoms with Crippen LogP contribution in [0.15, 0.2) is 53.4 Å². The van der Waals surface area contributed by atoms with Crippen LogP contribution in [0, 0.1) is 5.82 Å². The number of halogens is 1. The number of carbonyl (C=O) groups is 2. The van der Waals surface area contributed by atoms with Gasteiger partial charge in [-0.15, -0.1) is 0 Å². The molecule has 7 nitrogen and oxygen atoms in total. The van der Waals surface area contributed by atoms with Crippen molar-refractivity contribution in [3.8, 4) is 0 Å². The van der Waals surface area contributed by atoms with Crippen molar-refractivity contribution < 1.29 is 22.4 Å². The van der Waals surface area contributed by atoms with Crippen molar-refractivity contribution >= 4 is 27.5 Å². The first-order valence-electron chi connectivity index (χ1n) is 8.21. The third-order valence-corrected chi connectivity index (χ3v) is 5.06. The zero-order chi connectivity index (χ0) is 19.9. The Morgan fingerprint density at radius 2 is 1.56 bits per heavy atom. The Hall–Kier alpha value is -2.78. The largest absolute Gasteiger partial charge is 0.346 e. The topological polar surface area (TPSA) is 104 Å². The lowest BCUT2D eigenvalue weighted by Gasteiger charge is -2.09. The van der Waals surface area contributed by atoms with Crippen molar-refractivity contribution in [2.45, 2.75) is 18.2 Å². The minimum Gasteiger partial charge on any atom is -0.346 e. The van der Waals surface area contributed by atoms with Crippen LogP contribution in [0.4, 0.5) is 10.1 Å². The Labute approximate surface area is 157 Å². The van der Waals surface area contributed by atoms with Gasteiger partial charge in [0.15, 0.2) is 0 Å². The summed E-state index contributed by atoms with van der Waals surface area (Å²) >= 11 is 0. The highest BCUT2D eigenvalue weighted by Crippen LogP contribution is 2.10. The maximum atomic E-state index is 12.8. The average Bonchev–Trinajstić information content (AvgIpc) is 2.66. The van der Waals surface area contributed by atoms with E-state index in [1.165, 1.54) is 0 Å². The quantitative estimate of drug-likeness (QED) is 0.631. The van der Waals surface area contributed by atoms with Gasteiger partial charge in [-0.25, -0.2) is 17.5 Å². The van der Waals surface area contributed by atoms with Crippen LogP contribution >= 0.6 is 0 Å². The number of sulfonamides is 1. The second kappa shape index (κ2) is 9.24. The average molecular weight is 393 g/mol. The minimum absolute atomic E-state index is 0.162. The van der Waals surface area contributed by atoms with Crippen LogP contribution in [0.2, 0.25) is 0 Å². The summed E-state index contributed by atoms with van der Waals surface area (Å²) in [5.74, 6) is -1.67. The summed E-state index contributed by atoms with van der Waals surface area (Å²) in [5.41, 5.74) is 1.73. The number of hydrogen-bond acceptors (Lipinski definition) is 4. The predicted molar refractivity (Wildman–Crippen MR) is 99.0 cm³/mol. The highest BCUT2D eigenvalue weighted by molar-refractivity contribution is 7.89. The molecule has 2 aromatic rings. The number of hydrogen-bond donors (Lipinski definition) is 3. The maximum Gasteiger partial charge on any atom is 0.243 e. The number of nitrogens with one attached hydrogen (secondary N) is 3. The molecule has 9 heteroatoms. The fourth-order valence-electron chi connectivity index (χ4n) is 2.13. The standard InChI is InChI=1S/C18H20FN3O4S/c1-2-13-3-7-15(8-4-13)22-18(24)11-20-17(23)12-21-27(25,26)16-9-5-14(19)6-10-16/h3-10,21H,2,11-12H2,1H3,(H,20,23)(H,22,24). The van der Waals surface area contributed by atoms with Gasteiger partial charge in [0.1, 0.15) is 5.82 Å². The van der Waals surface area contributed by atoms with Gasteiger partial charge in [0.2, 0.25) is 21.8 Å². The Kier molecular flexibility index (Phi) is 7.03. The van der Waals surface area contributed by atoms with E-state index in [9.17, 15) is 22.4 Å². The van der Waals surface area contributed by atoms with Crippen molar-refractivity contribution in [1.29, 1.82) is 0 Å². The highest BCUT2D eigenvalue weighted by Gasteiger charge is 2.15.